The Hall–Kier alpha value is -2.16. The predicted molar refractivity (Wildman–Crippen MR) is 72.1 cm³/mol. The Balaban J connectivity index is 0.000000771. The van der Waals surface area contributed by atoms with E-state index in [1.807, 2.05) is 51.0 Å². The van der Waals surface area contributed by atoms with Gasteiger partial charge in [0.2, 0.25) is 0 Å². The van der Waals surface area contributed by atoms with Crippen molar-refractivity contribution in [3.05, 3.63) is 47.5 Å². The molecule has 0 saturated carbocycles. The molecule has 0 fully saturated rings. The van der Waals surface area contributed by atoms with Crippen LogP contribution in [0.3, 0.4) is 0 Å². The fraction of sp³-hybridized carbons (Fsp3) is 0.200. The van der Waals surface area contributed by atoms with Gasteiger partial charge >= 0.3 is 5.97 Å². The van der Waals surface area contributed by atoms with E-state index >= 15 is 0 Å². The number of carbonyl (C=O) groups is 2. The average molecular weight is 244 g/mol. The number of hydrogen-bond donors (Lipinski definition) is 1. The van der Waals surface area contributed by atoms with Crippen LogP contribution in [-0.4, -0.2) is 17.9 Å². The van der Waals surface area contributed by atoms with E-state index < -0.39 is 5.97 Å². The van der Waals surface area contributed by atoms with Crippen LogP contribution in [0.5, 0.6) is 0 Å². The largest absolute Gasteiger partial charge is 0.478 e. The van der Waals surface area contributed by atoms with Crippen molar-refractivity contribution in [1.29, 1.82) is 0 Å². The van der Waals surface area contributed by atoms with Gasteiger partial charge in [0.15, 0.2) is 0 Å². The molecule has 2 aromatic carbocycles. The maximum atomic E-state index is 11.2. The molecule has 0 aliphatic carbocycles. The van der Waals surface area contributed by atoms with Gasteiger partial charge < -0.3 is 9.90 Å². The number of rotatable bonds is 2. The number of aromatic carboxylic acids is 1. The number of carboxylic acids is 1. The van der Waals surface area contributed by atoms with Crippen molar-refractivity contribution in [2.45, 2.75) is 19.8 Å². The number of hydrogen-bond acceptors (Lipinski definition) is 2. The molecule has 3 heteroatoms. The van der Waals surface area contributed by atoms with Gasteiger partial charge in [-0.15, -0.1) is 0 Å². The minimum atomic E-state index is -0.852. The monoisotopic (exact) mass is 244 g/mol. The molecule has 0 aliphatic heterocycles. The van der Waals surface area contributed by atoms with Crippen LogP contribution in [-0.2, 0) is 4.79 Å². The van der Waals surface area contributed by atoms with Gasteiger partial charge in [-0.3, -0.25) is 0 Å². The number of fused-ring (bicyclic) bond motifs is 1. The standard InChI is InChI=1S/C14H14O2.CH2O/c1-9(2)13-11-6-4-3-5-10(11)7-8-12(13)14(15)16;1-2/h3-9H,1-2H3,(H,15,16);1H2. The molecule has 0 spiro atoms. The fourth-order valence-corrected chi connectivity index (χ4v) is 2.10. The Labute approximate surface area is 106 Å². The van der Waals surface area contributed by atoms with Crippen LogP contribution >= 0.6 is 0 Å². The van der Waals surface area contributed by atoms with Gasteiger partial charge in [-0.2, -0.15) is 0 Å². The van der Waals surface area contributed by atoms with Crippen molar-refractivity contribution in [2.24, 2.45) is 0 Å². The van der Waals surface area contributed by atoms with Crippen molar-refractivity contribution < 1.29 is 14.7 Å². The lowest BCUT2D eigenvalue weighted by atomic mass is 9.91. The third-order valence-corrected chi connectivity index (χ3v) is 2.78. The van der Waals surface area contributed by atoms with Crippen LogP contribution in [0.25, 0.3) is 10.8 Å². The Bertz CT molecular complexity index is 559. The van der Waals surface area contributed by atoms with Gasteiger partial charge in [-0.25, -0.2) is 4.79 Å². The second kappa shape index (κ2) is 5.96. The minimum absolute atomic E-state index is 0.206. The highest BCUT2D eigenvalue weighted by Crippen LogP contribution is 2.28. The highest BCUT2D eigenvalue weighted by atomic mass is 16.4. The quantitative estimate of drug-likeness (QED) is 0.879. The summed E-state index contributed by atoms with van der Waals surface area (Å²) < 4.78 is 0. The minimum Gasteiger partial charge on any atom is -0.478 e. The second-order valence-corrected chi connectivity index (χ2v) is 4.21. The van der Waals surface area contributed by atoms with Crippen molar-refractivity contribution >= 4 is 23.5 Å². The van der Waals surface area contributed by atoms with E-state index in [0.29, 0.717) is 5.56 Å². The SMILES string of the molecule is C=O.CC(C)c1c(C(=O)O)ccc2ccccc12. The highest BCUT2D eigenvalue weighted by Gasteiger charge is 2.15. The summed E-state index contributed by atoms with van der Waals surface area (Å²) in [4.78, 5) is 19.2. The molecule has 1 N–H and O–H groups in total. The molecule has 0 bridgehead atoms. The third-order valence-electron chi connectivity index (χ3n) is 2.78. The number of carbonyl (C=O) groups excluding carboxylic acids is 1. The van der Waals surface area contributed by atoms with Gasteiger partial charge in [0.25, 0.3) is 0 Å². The van der Waals surface area contributed by atoms with E-state index in [9.17, 15) is 9.90 Å². The number of benzene rings is 2. The summed E-state index contributed by atoms with van der Waals surface area (Å²) in [7, 11) is 0. The Morgan fingerprint density at radius 3 is 2.28 bits per heavy atom. The van der Waals surface area contributed by atoms with E-state index in [1.54, 1.807) is 6.07 Å². The molecule has 3 nitrogen and oxygen atoms in total. The van der Waals surface area contributed by atoms with E-state index in [4.69, 9.17) is 4.79 Å². The summed E-state index contributed by atoms with van der Waals surface area (Å²) in [6.07, 6.45) is 0. The van der Waals surface area contributed by atoms with E-state index in [-0.39, 0.29) is 5.92 Å². The molecule has 0 saturated heterocycles. The van der Waals surface area contributed by atoms with Crippen LogP contribution in [0.15, 0.2) is 36.4 Å². The van der Waals surface area contributed by atoms with Crippen molar-refractivity contribution in [1.82, 2.24) is 0 Å². The number of carboxylic acid groups (broad SMARTS) is 1. The maximum absolute atomic E-state index is 11.2. The first-order valence-corrected chi connectivity index (χ1v) is 5.65. The lowest BCUT2D eigenvalue weighted by molar-refractivity contribution is -0.0980. The zero-order valence-electron chi connectivity index (χ0n) is 10.5. The van der Waals surface area contributed by atoms with Gasteiger partial charge in [0.05, 0.1) is 5.56 Å². The third kappa shape index (κ3) is 2.56. The molecule has 0 radical (unpaired) electrons. The first kappa shape index (κ1) is 13.9. The van der Waals surface area contributed by atoms with Gasteiger partial charge in [-0.1, -0.05) is 44.2 Å². The average Bonchev–Trinajstić information content (AvgIpc) is 2.39. The normalized spacial score (nSPS) is 9.94. The lowest BCUT2D eigenvalue weighted by Gasteiger charge is -2.13. The van der Waals surface area contributed by atoms with E-state index in [1.165, 1.54) is 0 Å². The van der Waals surface area contributed by atoms with Crippen molar-refractivity contribution in [3.63, 3.8) is 0 Å². The maximum Gasteiger partial charge on any atom is 0.335 e. The molecular formula is C15H16O3. The highest BCUT2D eigenvalue weighted by molar-refractivity contribution is 5.98. The zero-order valence-corrected chi connectivity index (χ0v) is 10.5. The molecule has 2 rings (SSSR count). The van der Waals surface area contributed by atoms with Gasteiger partial charge in [0.1, 0.15) is 6.79 Å². The van der Waals surface area contributed by atoms with Crippen LogP contribution in [0, 0.1) is 0 Å². The molecule has 0 aliphatic rings. The molecule has 0 heterocycles. The van der Waals surface area contributed by atoms with E-state index in [0.717, 1.165) is 16.3 Å². The smallest absolute Gasteiger partial charge is 0.335 e. The Kier molecular flexibility index (Phi) is 4.60. The first-order valence-electron chi connectivity index (χ1n) is 5.65. The molecule has 2 aromatic rings. The molecule has 0 amide bonds. The lowest BCUT2D eigenvalue weighted by Crippen LogP contribution is -2.04. The summed E-state index contributed by atoms with van der Waals surface area (Å²) in [5.41, 5.74) is 1.33. The summed E-state index contributed by atoms with van der Waals surface area (Å²) >= 11 is 0. The predicted octanol–water partition coefficient (Wildman–Crippen LogP) is 3.48. The Morgan fingerprint density at radius 2 is 1.72 bits per heavy atom. The first-order chi connectivity index (χ1) is 8.61. The van der Waals surface area contributed by atoms with Crippen LogP contribution < -0.4 is 0 Å². The van der Waals surface area contributed by atoms with Crippen LogP contribution in [0.4, 0.5) is 0 Å². The molecule has 0 unspecified atom stereocenters. The summed E-state index contributed by atoms with van der Waals surface area (Å²) in [5.74, 6) is -0.647. The molecule has 0 atom stereocenters. The van der Waals surface area contributed by atoms with Crippen molar-refractivity contribution in [3.8, 4) is 0 Å². The fourth-order valence-electron chi connectivity index (χ4n) is 2.10. The molecular weight excluding hydrogens is 228 g/mol. The van der Waals surface area contributed by atoms with Crippen LogP contribution in [0.2, 0.25) is 0 Å². The molecule has 94 valence electrons. The Morgan fingerprint density at radius 1 is 1.11 bits per heavy atom. The topological polar surface area (TPSA) is 54.4 Å². The van der Waals surface area contributed by atoms with Crippen molar-refractivity contribution in [2.75, 3.05) is 0 Å². The van der Waals surface area contributed by atoms with Crippen LogP contribution in [0.1, 0.15) is 35.7 Å². The molecule has 0 aromatic heterocycles. The van der Waals surface area contributed by atoms with Gasteiger partial charge in [0, 0.05) is 0 Å². The summed E-state index contributed by atoms with van der Waals surface area (Å²) in [5, 5.41) is 11.3. The van der Waals surface area contributed by atoms with Gasteiger partial charge in [-0.05, 0) is 28.3 Å². The summed E-state index contributed by atoms with van der Waals surface area (Å²) in [6.45, 7) is 6.04. The zero-order chi connectivity index (χ0) is 13.7. The van der Waals surface area contributed by atoms with E-state index in [2.05, 4.69) is 0 Å². The second-order valence-electron chi connectivity index (χ2n) is 4.21. The summed E-state index contributed by atoms with van der Waals surface area (Å²) in [6, 6.07) is 11.5. The molecule has 18 heavy (non-hydrogen) atoms.